The van der Waals surface area contributed by atoms with Gasteiger partial charge in [-0.15, -0.1) is 0 Å². The van der Waals surface area contributed by atoms with E-state index in [0.29, 0.717) is 5.69 Å². The van der Waals surface area contributed by atoms with Gasteiger partial charge in [-0.1, -0.05) is 24.0 Å². The van der Waals surface area contributed by atoms with Gasteiger partial charge in [-0.25, -0.2) is 0 Å². The van der Waals surface area contributed by atoms with E-state index in [-0.39, 0.29) is 23.7 Å². The topological polar surface area (TPSA) is 88.0 Å². The van der Waals surface area contributed by atoms with Gasteiger partial charge in [0.05, 0.1) is 6.54 Å². The van der Waals surface area contributed by atoms with Gasteiger partial charge in [-0.2, -0.15) is 0 Å². The normalized spacial score (nSPS) is 9.45. The number of carbonyl (C=O) groups excluding carboxylic acids is 1. The van der Waals surface area contributed by atoms with Crippen LogP contribution in [0.3, 0.4) is 0 Å². The molecule has 0 aliphatic carbocycles. The minimum Gasteiger partial charge on any atom is -0.321 e. The van der Waals surface area contributed by atoms with E-state index in [4.69, 9.17) is 5.73 Å². The minimum atomic E-state index is -0.383. The second kappa shape index (κ2) is 6.36. The van der Waals surface area contributed by atoms with Gasteiger partial charge in [-0.3, -0.25) is 9.59 Å². The van der Waals surface area contributed by atoms with Crippen molar-refractivity contribution in [1.29, 1.82) is 0 Å². The molecule has 20 heavy (non-hydrogen) atoms. The predicted molar refractivity (Wildman–Crippen MR) is 77.4 cm³/mol. The number of hydrogen-bond acceptors (Lipinski definition) is 3. The van der Waals surface area contributed by atoms with Crippen molar-refractivity contribution >= 4 is 11.6 Å². The molecule has 0 saturated carbocycles. The highest BCUT2D eigenvalue weighted by Crippen LogP contribution is 2.10. The van der Waals surface area contributed by atoms with Crippen molar-refractivity contribution in [3.05, 3.63) is 64.1 Å². The van der Waals surface area contributed by atoms with E-state index < -0.39 is 0 Å². The lowest BCUT2D eigenvalue weighted by Crippen LogP contribution is -2.17. The number of hydrogen-bond donors (Lipinski definition) is 3. The minimum absolute atomic E-state index is 0.205. The van der Waals surface area contributed by atoms with Gasteiger partial charge in [-0.05, 0) is 24.3 Å². The number of benzene rings is 1. The lowest BCUT2D eigenvalue weighted by atomic mass is 10.2. The molecule has 0 aliphatic heterocycles. The van der Waals surface area contributed by atoms with Crippen molar-refractivity contribution in [2.24, 2.45) is 5.73 Å². The Kier molecular flexibility index (Phi) is 4.32. The van der Waals surface area contributed by atoms with E-state index in [1.165, 1.54) is 18.2 Å². The van der Waals surface area contributed by atoms with Crippen molar-refractivity contribution in [1.82, 2.24) is 4.98 Å². The molecule has 5 nitrogen and oxygen atoms in total. The Morgan fingerprint density at radius 2 is 2.05 bits per heavy atom. The molecule has 0 saturated heterocycles. The molecule has 5 heteroatoms. The Hall–Kier alpha value is -2.84. The van der Waals surface area contributed by atoms with E-state index in [1.807, 2.05) is 6.07 Å². The van der Waals surface area contributed by atoms with Crippen LogP contribution in [0, 0.1) is 11.8 Å². The third-order valence-electron chi connectivity index (χ3n) is 2.47. The quantitative estimate of drug-likeness (QED) is 0.707. The van der Waals surface area contributed by atoms with Crippen LogP contribution in [0.4, 0.5) is 5.69 Å². The zero-order valence-electron chi connectivity index (χ0n) is 10.6. The molecule has 0 atom stereocenters. The summed E-state index contributed by atoms with van der Waals surface area (Å²) in [6.45, 7) is 0.280. The van der Waals surface area contributed by atoms with Gasteiger partial charge < -0.3 is 16.0 Å². The lowest BCUT2D eigenvalue weighted by molar-refractivity contribution is 0.102. The number of aromatic nitrogens is 1. The molecule has 1 aromatic carbocycles. The van der Waals surface area contributed by atoms with Crippen molar-refractivity contribution in [3.8, 4) is 11.8 Å². The maximum Gasteiger partial charge on any atom is 0.272 e. The lowest BCUT2D eigenvalue weighted by Gasteiger charge is -2.05. The fraction of sp³-hybridized carbons (Fsp3) is 0.0667. The highest BCUT2D eigenvalue weighted by molar-refractivity contribution is 6.02. The monoisotopic (exact) mass is 267 g/mol. The first-order valence-corrected chi connectivity index (χ1v) is 5.99. The average molecular weight is 267 g/mol. The van der Waals surface area contributed by atoms with Crippen LogP contribution in [0.15, 0.2) is 47.3 Å². The summed E-state index contributed by atoms with van der Waals surface area (Å²) >= 11 is 0. The predicted octanol–water partition coefficient (Wildman–Crippen LogP) is 0.937. The molecule has 1 amide bonds. The van der Waals surface area contributed by atoms with Crippen LogP contribution in [0.25, 0.3) is 0 Å². The first kappa shape index (κ1) is 13.6. The maximum absolute atomic E-state index is 12.0. The average Bonchev–Trinajstić information content (AvgIpc) is 2.45. The summed E-state index contributed by atoms with van der Waals surface area (Å²) in [5, 5.41) is 2.69. The number of rotatable bonds is 2. The molecule has 0 radical (unpaired) electrons. The molecule has 2 aromatic rings. The summed E-state index contributed by atoms with van der Waals surface area (Å²) in [6, 6.07) is 11.5. The number of aromatic amines is 1. The summed E-state index contributed by atoms with van der Waals surface area (Å²) in [5.41, 5.74) is 6.55. The molecule has 1 aromatic heterocycles. The molecule has 4 N–H and O–H groups in total. The summed E-state index contributed by atoms with van der Waals surface area (Å²) in [7, 11) is 0. The Balaban J connectivity index is 2.17. The van der Waals surface area contributed by atoms with Crippen molar-refractivity contribution in [2.45, 2.75) is 0 Å². The Bertz CT molecular complexity index is 738. The number of pyridine rings is 1. The number of H-pyrrole nitrogens is 1. The van der Waals surface area contributed by atoms with E-state index in [0.717, 1.165) is 5.56 Å². The van der Waals surface area contributed by atoms with E-state index in [2.05, 4.69) is 22.1 Å². The number of anilines is 1. The summed E-state index contributed by atoms with van der Waals surface area (Å²) in [4.78, 5) is 25.6. The standard InChI is InChI=1S/C15H13N3O2/c16-9-3-5-11-4-1-6-12(10-11)17-15(20)13-7-2-8-14(19)18-13/h1-2,4,6-8,10H,9,16H2,(H,17,20)(H,18,19). The smallest absolute Gasteiger partial charge is 0.272 e. The number of nitrogens with two attached hydrogens (primary N) is 1. The molecule has 1 heterocycles. The molecule has 100 valence electrons. The number of carbonyl (C=O) groups is 1. The van der Waals surface area contributed by atoms with Crippen molar-refractivity contribution < 1.29 is 4.79 Å². The van der Waals surface area contributed by atoms with Gasteiger partial charge in [0.25, 0.3) is 5.91 Å². The number of amides is 1. The van der Waals surface area contributed by atoms with E-state index in [1.54, 1.807) is 18.2 Å². The summed E-state index contributed by atoms with van der Waals surface area (Å²) in [6.07, 6.45) is 0. The third kappa shape index (κ3) is 3.57. The summed E-state index contributed by atoms with van der Waals surface area (Å²) < 4.78 is 0. The van der Waals surface area contributed by atoms with Crippen LogP contribution in [-0.4, -0.2) is 17.4 Å². The summed E-state index contributed by atoms with van der Waals surface area (Å²) in [5.74, 6) is 5.24. The van der Waals surface area contributed by atoms with E-state index in [9.17, 15) is 9.59 Å². The molecular formula is C15H13N3O2. The first-order chi connectivity index (χ1) is 9.69. The highest BCUT2D eigenvalue weighted by Gasteiger charge is 2.06. The highest BCUT2D eigenvalue weighted by atomic mass is 16.2. The van der Waals surface area contributed by atoms with Crippen LogP contribution in [0.2, 0.25) is 0 Å². The van der Waals surface area contributed by atoms with Crippen LogP contribution >= 0.6 is 0 Å². The van der Waals surface area contributed by atoms with Crippen LogP contribution in [0.1, 0.15) is 16.1 Å². The second-order valence-electron chi connectivity index (χ2n) is 3.97. The largest absolute Gasteiger partial charge is 0.321 e. The fourth-order valence-corrected chi connectivity index (χ4v) is 1.61. The Morgan fingerprint density at radius 1 is 1.25 bits per heavy atom. The van der Waals surface area contributed by atoms with Gasteiger partial charge in [0.2, 0.25) is 5.56 Å². The van der Waals surface area contributed by atoms with Crippen LogP contribution < -0.4 is 16.6 Å². The molecule has 0 bridgehead atoms. The zero-order chi connectivity index (χ0) is 14.4. The molecule has 0 aliphatic rings. The second-order valence-corrected chi connectivity index (χ2v) is 3.97. The molecule has 0 fully saturated rings. The van der Waals surface area contributed by atoms with Crippen molar-refractivity contribution in [2.75, 3.05) is 11.9 Å². The zero-order valence-corrected chi connectivity index (χ0v) is 10.6. The molecular weight excluding hydrogens is 254 g/mol. The van der Waals surface area contributed by atoms with Crippen molar-refractivity contribution in [3.63, 3.8) is 0 Å². The van der Waals surface area contributed by atoms with Crippen LogP contribution in [0.5, 0.6) is 0 Å². The Labute approximate surface area is 115 Å². The Morgan fingerprint density at radius 3 is 2.80 bits per heavy atom. The number of nitrogens with one attached hydrogen (secondary N) is 2. The molecule has 0 unspecified atom stereocenters. The first-order valence-electron chi connectivity index (χ1n) is 5.99. The third-order valence-corrected chi connectivity index (χ3v) is 2.47. The van der Waals surface area contributed by atoms with Gasteiger partial charge >= 0.3 is 0 Å². The van der Waals surface area contributed by atoms with Gasteiger partial charge in [0.15, 0.2) is 0 Å². The van der Waals surface area contributed by atoms with E-state index >= 15 is 0 Å². The van der Waals surface area contributed by atoms with Crippen LogP contribution in [-0.2, 0) is 0 Å². The SMILES string of the molecule is NCC#Cc1cccc(NC(=O)c2cccc(=O)[nH]2)c1. The van der Waals surface area contributed by atoms with Gasteiger partial charge in [0, 0.05) is 17.3 Å². The van der Waals surface area contributed by atoms with Gasteiger partial charge in [0.1, 0.15) is 5.69 Å². The maximum atomic E-state index is 12.0. The molecule has 2 rings (SSSR count). The molecule has 0 spiro atoms. The fourth-order valence-electron chi connectivity index (χ4n) is 1.61.